The summed E-state index contributed by atoms with van der Waals surface area (Å²) in [5, 5.41) is 12.1. The van der Waals surface area contributed by atoms with E-state index < -0.39 is 49.1 Å². The number of carboxylic acids is 1. The number of carbonyl (C=O) groups excluding carboxylic acids is 1. The van der Waals surface area contributed by atoms with Crippen molar-refractivity contribution in [2.45, 2.75) is 19.1 Å². The van der Waals surface area contributed by atoms with Crippen LogP contribution in [0.4, 0.5) is 18.0 Å². The van der Waals surface area contributed by atoms with Crippen molar-refractivity contribution in [1.29, 1.82) is 0 Å². The normalized spacial score (nSPS) is 22.3. The lowest BCUT2D eigenvalue weighted by atomic mass is 9.96. The summed E-state index contributed by atoms with van der Waals surface area (Å²) in [5.74, 6) is -5.27. The van der Waals surface area contributed by atoms with Gasteiger partial charge in [-0.15, -0.1) is 0 Å². The highest BCUT2D eigenvalue weighted by Crippen LogP contribution is 2.37. The van der Waals surface area contributed by atoms with Crippen LogP contribution in [0.5, 0.6) is 0 Å². The van der Waals surface area contributed by atoms with Crippen LogP contribution in [0.3, 0.4) is 0 Å². The van der Waals surface area contributed by atoms with E-state index in [2.05, 4.69) is 5.32 Å². The molecule has 2 N–H and O–H groups in total. The molecule has 0 aliphatic carbocycles. The van der Waals surface area contributed by atoms with Gasteiger partial charge in [0.1, 0.15) is 0 Å². The molecule has 5 nitrogen and oxygen atoms in total. The number of halogens is 4. The number of nitrogens with zero attached hydrogens (tertiary/aromatic N) is 1. The van der Waals surface area contributed by atoms with E-state index in [9.17, 15) is 22.8 Å². The highest BCUT2D eigenvalue weighted by molar-refractivity contribution is 6.30. The van der Waals surface area contributed by atoms with Crippen molar-refractivity contribution in [3.05, 3.63) is 34.9 Å². The topological polar surface area (TPSA) is 69.6 Å². The number of benzene rings is 1. The van der Waals surface area contributed by atoms with Crippen LogP contribution in [0.2, 0.25) is 5.02 Å². The Morgan fingerprint density at radius 2 is 1.88 bits per heavy atom. The molecular weight excluding hydrogens is 349 g/mol. The summed E-state index contributed by atoms with van der Waals surface area (Å²) in [7, 11) is 0. The number of nitrogens with one attached hydrogen (secondary N) is 1. The molecule has 3 atom stereocenters. The van der Waals surface area contributed by atoms with Gasteiger partial charge in [-0.2, -0.15) is 13.2 Å². The maximum atomic E-state index is 12.9. The van der Waals surface area contributed by atoms with E-state index in [4.69, 9.17) is 16.7 Å². The number of hydrogen-bond acceptors (Lipinski definition) is 2. The minimum atomic E-state index is -4.67. The van der Waals surface area contributed by atoms with E-state index in [0.717, 1.165) is 10.5 Å². The Kier molecular flexibility index (Phi) is 5.27. The van der Waals surface area contributed by atoms with E-state index in [-0.39, 0.29) is 0 Å². The molecule has 1 aliphatic heterocycles. The molecule has 1 aromatic carbocycles. The Bertz CT molecular complexity index is 621. The number of carbonyl (C=O) groups is 2. The molecule has 1 heterocycles. The average Bonchev–Trinajstić information content (AvgIpc) is 2.93. The van der Waals surface area contributed by atoms with Gasteiger partial charge in [-0.05, 0) is 24.6 Å². The van der Waals surface area contributed by atoms with Crippen LogP contribution >= 0.6 is 11.6 Å². The monoisotopic (exact) mass is 364 g/mol. The number of rotatable bonds is 3. The predicted octanol–water partition coefficient (Wildman–Crippen LogP) is 3.31. The second-order valence-corrected chi connectivity index (χ2v) is 6.16. The smallest absolute Gasteiger partial charge is 0.394 e. The fraction of sp³-hybridized carbons (Fsp3) is 0.467. The van der Waals surface area contributed by atoms with Crippen molar-refractivity contribution in [1.82, 2.24) is 10.2 Å². The molecule has 0 saturated carbocycles. The number of hydrogen-bond donors (Lipinski definition) is 2. The zero-order valence-electron chi connectivity index (χ0n) is 12.7. The number of amides is 2. The van der Waals surface area contributed by atoms with Crippen LogP contribution in [-0.2, 0) is 4.79 Å². The molecule has 2 amide bonds. The van der Waals surface area contributed by atoms with Gasteiger partial charge in [0.05, 0.1) is 17.9 Å². The highest BCUT2D eigenvalue weighted by atomic mass is 35.5. The molecular formula is C15H16ClF3N2O3. The van der Waals surface area contributed by atoms with Gasteiger partial charge in [0.2, 0.25) is 0 Å². The van der Waals surface area contributed by atoms with Crippen molar-refractivity contribution in [3.63, 3.8) is 0 Å². The van der Waals surface area contributed by atoms with Gasteiger partial charge in [0.15, 0.2) is 0 Å². The number of urea groups is 1. The maximum Gasteiger partial charge on any atom is 0.394 e. The molecule has 0 unspecified atom stereocenters. The van der Waals surface area contributed by atoms with Crippen molar-refractivity contribution in [2.24, 2.45) is 11.8 Å². The third-order valence-corrected chi connectivity index (χ3v) is 4.31. The summed E-state index contributed by atoms with van der Waals surface area (Å²) in [6, 6.07) is 5.47. The molecule has 132 valence electrons. The molecule has 1 saturated heterocycles. The van der Waals surface area contributed by atoms with E-state index >= 15 is 0 Å². The summed E-state index contributed by atoms with van der Waals surface area (Å²) in [4.78, 5) is 24.1. The summed E-state index contributed by atoms with van der Waals surface area (Å²) in [5.41, 5.74) is 0.731. The molecule has 1 fully saturated rings. The van der Waals surface area contributed by atoms with Crippen molar-refractivity contribution in [2.75, 3.05) is 13.1 Å². The first-order valence-corrected chi connectivity index (χ1v) is 7.58. The van der Waals surface area contributed by atoms with Crippen LogP contribution in [0.25, 0.3) is 0 Å². The Balaban J connectivity index is 2.05. The van der Waals surface area contributed by atoms with Gasteiger partial charge in [-0.25, -0.2) is 4.79 Å². The minimum Gasteiger partial charge on any atom is -0.481 e. The summed E-state index contributed by atoms with van der Waals surface area (Å²) in [6.45, 7) is 0.533. The highest BCUT2D eigenvalue weighted by Gasteiger charge is 2.53. The fourth-order valence-corrected chi connectivity index (χ4v) is 2.79. The standard InChI is InChI=1S/C15H16ClF3N2O3/c1-8(9-2-4-10(16)5-3-9)20-14(24)21-6-11(13(22)23)12(7-21)15(17,18)19/h2-5,8,11-12H,6-7H2,1H3,(H,20,24)(H,22,23)/t8-,11-,12-/m1/s1. The minimum absolute atomic E-state index is 0.456. The first-order valence-electron chi connectivity index (χ1n) is 7.20. The number of carboxylic acid groups (broad SMARTS) is 1. The second kappa shape index (κ2) is 6.88. The van der Waals surface area contributed by atoms with E-state index in [1.807, 2.05) is 0 Å². The largest absolute Gasteiger partial charge is 0.481 e. The third kappa shape index (κ3) is 4.11. The van der Waals surface area contributed by atoms with Gasteiger partial charge >= 0.3 is 18.2 Å². The first kappa shape index (κ1) is 18.4. The molecule has 0 radical (unpaired) electrons. The van der Waals surface area contributed by atoms with Crippen LogP contribution in [0.15, 0.2) is 24.3 Å². The van der Waals surface area contributed by atoms with Gasteiger partial charge in [0, 0.05) is 18.1 Å². The Morgan fingerprint density at radius 3 is 2.33 bits per heavy atom. The Hall–Kier alpha value is -1.96. The molecule has 0 aromatic heterocycles. The number of aliphatic carboxylic acids is 1. The van der Waals surface area contributed by atoms with Crippen LogP contribution < -0.4 is 5.32 Å². The lowest BCUT2D eigenvalue weighted by molar-refractivity contribution is -0.187. The Labute approximate surface area is 141 Å². The lowest BCUT2D eigenvalue weighted by Gasteiger charge is -2.21. The van der Waals surface area contributed by atoms with Gasteiger partial charge in [0.25, 0.3) is 0 Å². The molecule has 0 spiro atoms. The molecule has 1 aliphatic rings. The van der Waals surface area contributed by atoms with Gasteiger partial charge in [-0.1, -0.05) is 23.7 Å². The van der Waals surface area contributed by atoms with Gasteiger partial charge in [-0.3, -0.25) is 4.79 Å². The van der Waals surface area contributed by atoms with Gasteiger partial charge < -0.3 is 15.3 Å². The van der Waals surface area contributed by atoms with Crippen LogP contribution in [0.1, 0.15) is 18.5 Å². The molecule has 9 heteroatoms. The number of alkyl halides is 3. The summed E-state index contributed by atoms with van der Waals surface area (Å²) < 4.78 is 38.8. The van der Waals surface area contributed by atoms with E-state index in [1.165, 1.54) is 0 Å². The zero-order chi connectivity index (χ0) is 18.1. The Morgan fingerprint density at radius 1 is 1.29 bits per heavy atom. The zero-order valence-corrected chi connectivity index (χ0v) is 13.4. The van der Waals surface area contributed by atoms with E-state index in [0.29, 0.717) is 5.02 Å². The second-order valence-electron chi connectivity index (χ2n) is 5.72. The molecule has 0 bridgehead atoms. The van der Waals surface area contributed by atoms with Crippen molar-refractivity contribution < 1.29 is 27.9 Å². The maximum absolute atomic E-state index is 12.9. The third-order valence-electron chi connectivity index (χ3n) is 4.05. The van der Waals surface area contributed by atoms with Crippen molar-refractivity contribution in [3.8, 4) is 0 Å². The molecule has 24 heavy (non-hydrogen) atoms. The predicted molar refractivity (Wildman–Crippen MR) is 80.6 cm³/mol. The van der Waals surface area contributed by atoms with Crippen molar-refractivity contribution >= 4 is 23.6 Å². The molecule has 1 aromatic rings. The quantitative estimate of drug-likeness (QED) is 0.864. The summed E-state index contributed by atoms with van der Waals surface area (Å²) >= 11 is 5.77. The first-order chi connectivity index (χ1) is 11.1. The summed E-state index contributed by atoms with van der Waals surface area (Å²) in [6.07, 6.45) is -4.67. The number of likely N-dealkylation sites (tertiary alicyclic amines) is 1. The van der Waals surface area contributed by atoms with E-state index in [1.54, 1.807) is 31.2 Å². The van der Waals surface area contributed by atoms with Crippen LogP contribution in [-0.4, -0.2) is 41.3 Å². The fourth-order valence-electron chi connectivity index (χ4n) is 2.66. The average molecular weight is 365 g/mol. The lowest BCUT2D eigenvalue weighted by Crippen LogP contribution is -2.40. The van der Waals surface area contributed by atoms with Crippen LogP contribution in [0, 0.1) is 11.8 Å². The SMILES string of the molecule is C[C@@H](NC(=O)N1C[C@@H](C(F)(F)F)[C@H](C(=O)O)C1)c1ccc(Cl)cc1. The molecule has 2 rings (SSSR count).